The molecule has 0 bridgehead atoms. The van der Waals surface area contributed by atoms with Gasteiger partial charge < -0.3 is 9.29 Å². The lowest BCUT2D eigenvalue weighted by atomic mass is 9.87. The first-order valence-electron chi connectivity index (χ1n) is 8.89. The second-order valence-electron chi connectivity index (χ2n) is 7.09. The average Bonchev–Trinajstić information content (AvgIpc) is 2.65. The molecule has 152 valence electrons. The Morgan fingerprint density at radius 1 is 1.41 bits per heavy atom. The number of likely N-dealkylation sites (tertiary alicyclic amines) is 1. The molecule has 1 aliphatic heterocycles. The van der Waals surface area contributed by atoms with Crippen LogP contribution in [0.15, 0.2) is 18.2 Å². The molecule has 2 rings (SSSR count). The van der Waals surface area contributed by atoms with Gasteiger partial charge in [0.05, 0.1) is 18.4 Å². The van der Waals surface area contributed by atoms with Crippen molar-refractivity contribution in [2.24, 2.45) is 11.8 Å². The number of hydroxylamine groups is 1. The van der Waals surface area contributed by atoms with E-state index in [2.05, 4.69) is 0 Å². The molecule has 1 aliphatic rings. The van der Waals surface area contributed by atoms with Crippen LogP contribution in [0.1, 0.15) is 38.2 Å². The van der Waals surface area contributed by atoms with Crippen molar-refractivity contribution in [3.8, 4) is 5.75 Å². The summed E-state index contributed by atoms with van der Waals surface area (Å²) in [5.41, 5.74) is 2.66. The fraction of sp³-hybridized carbons (Fsp3) is 0.611. The predicted octanol–water partition coefficient (Wildman–Crippen LogP) is 2.51. The van der Waals surface area contributed by atoms with Gasteiger partial charge in [0, 0.05) is 5.02 Å². The normalized spacial score (nSPS) is 19.5. The zero-order chi connectivity index (χ0) is 20.1. The number of nitrogens with zero attached hydrogens (tertiary/aromatic N) is 1. The number of nitrogens with one attached hydrogen (secondary N) is 1. The van der Waals surface area contributed by atoms with E-state index in [-0.39, 0.29) is 11.8 Å². The molecule has 27 heavy (non-hydrogen) atoms. The fourth-order valence-electron chi connectivity index (χ4n) is 3.79. The molecule has 1 saturated heterocycles. The molecule has 3 atom stereocenters. The molecule has 1 aromatic rings. The summed E-state index contributed by atoms with van der Waals surface area (Å²) in [6.45, 7) is 4.59. The summed E-state index contributed by atoms with van der Waals surface area (Å²) in [5, 5.41) is 8.63. The van der Waals surface area contributed by atoms with Gasteiger partial charge in [0.2, 0.25) is 5.91 Å². The van der Waals surface area contributed by atoms with Crippen LogP contribution in [-0.4, -0.2) is 50.3 Å². The van der Waals surface area contributed by atoms with Crippen molar-refractivity contribution in [1.82, 2.24) is 10.4 Å². The van der Waals surface area contributed by atoms with Gasteiger partial charge in [0.25, 0.3) is 0 Å². The molecule has 2 N–H and O–H groups in total. The molecule has 1 amide bonds. The molecule has 1 fully saturated rings. The Balaban J connectivity index is 2.16. The molecular formula is C18H26ClN2O5S-. The number of carbonyl (C=O) groups excluding carboxylic acids is 1. The molecule has 0 spiro atoms. The minimum absolute atomic E-state index is 0.221. The second-order valence-corrected chi connectivity index (χ2v) is 8.53. The zero-order valence-electron chi connectivity index (χ0n) is 15.7. The highest BCUT2D eigenvalue weighted by molar-refractivity contribution is 7.79. The van der Waals surface area contributed by atoms with Gasteiger partial charge in [-0.1, -0.05) is 31.5 Å². The van der Waals surface area contributed by atoms with Crippen molar-refractivity contribution >= 4 is 28.6 Å². The van der Waals surface area contributed by atoms with Crippen LogP contribution in [0.5, 0.6) is 5.75 Å². The number of amides is 1. The minimum Gasteiger partial charge on any atom is -0.771 e. The highest BCUT2D eigenvalue weighted by Crippen LogP contribution is 2.37. The van der Waals surface area contributed by atoms with E-state index in [1.807, 2.05) is 17.0 Å². The van der Waals surface area contributed by atoms with E-state index in [0.29, 0.717) is 18.1 Å². The van der Waals surface area contributed by atoms with Crippen LogP contribution < -0.4 is 10.2 Å². The molecule has 1 aromatic carbocycles. The van der Waals surface area contributed by atoms with Gasteiger partial charge in [0.1, 0.15) is 5.75 Å². The largest absolute Gasteiger partial charge is 0.771 e. The smallest absolute Gasteiger partial charge is 0.249 e. The Bertz CT molecular complexity index is 680. The maximum Gasteiger partial charge on any atom is 0.249 e. The van der Waals surface area contributed by atoms with Gasteiger partial charge in [-0.05, 0) is 66.5 Å². The first kappa shape index (κ1) is 22.1. The summed E-state index contributed by atoms with van der Waals surface area (Å²) in [6.07, 6.45) is 1.47. The Labute approximate surface area is 167 Å². The van der Waals surface area contributed by atoms with Crippen LogP contribution in [0.3, 0.4) is 0 Å². The van der Waals surface area contributed by atoms with Gasteiger partial charge >= 0.3 is 0 Å². The summed E-state index contributed by atoms with van der Waals surface area (Å²) < 4.78 is 29.3. The monoisotopic (exact) mass is 417 g/mol. The highest BCUT2D eigenvalue weighted by atomic mass is 35.5. The van der Waals surface area contributed by atoms with Crippen LogP contribution in [0.25, 0.3) is 0 Å². The zero-order valence-corrected chi connectivity index (χ0v) is 17.3. The second kappa shape index (κ2) is 9.84. The Hall–Kier alpha value is -1.19. The number of rotatable bonds is 7. The van der Waals surface area contributed by atoms with Gasteiger partial charge in [-0.2, -0.15) is 0 Å². The molecule has 0 radical (unpaired) electrons. The summed E-state index contributed by atoms with van der Waals surface area (Å²) in [5.74, 6) is -0.826. The van der Waals surface area contributed by atoms with E-state index in [1.54, 1.807) is 32.5 Å². The van der Waals surface area contributed by atoms with Crippen LogP contribution in [0.2, 0.25) is 5.02 Å². The molecular weight excluding hydrogens is 392 g/mol. The van der Waals surface area contributed by atoms with Crippen LogP contribution in [0, 0.1) is 11.8 Å². The van der Waals surface area contributed by atoms with E-state index >= 15 is 0 Å². The lowest BCUT2D eigenvalue weighted by Crippen LogP contribution is -2.52. The number of piperidine rings is 1. The van der Waals surface area contributed by atoms with Crippen molar-refractivity contribution < 1.29 is 23.5 Å². The Kier molecular flexibility index (Phi) is 8.05. The molecule has 1 heterocycles. The molecule has 0 aromatic heterocycles. The van der Waals surface area contributed by atoms with Crippen molar-refractivity contribution in [3.63, 3.8) is 0 Å². The number of ether oxygens (including phenoxy) is 1. The first-order valence-corrected chi connectivity index (χ1v) is 10.4. The third-order valence-corrected chi connectivity index (χ3v) is 6.38. The topological polar surface area (TPSA) is 102 Å². The number of hydrogen-bond donors (Lipinski definition) is 2. The third-order valence-electron chi connectivity index (χ3n) is 5.16. The highest BCUT2D eigenvalue weighted by Gasteiger charge is 2.38. The molecule has 0 saturated carbocycles. The molecule has 3 unspecified atom stereocenters. The van der Waals surface area contributed by atoms with E-state index in [9.17, 15) is 13.6 Å². The van der Waals surface area contributed by atoms with Gasteiger partial charge in [-0.3, -0.25) is 19.1 Å². The standard InChI is InChI=1S/C18H27ClN2O5S/c1-11(2)16(17(22)20-23)18(27(24)25)21-8-6-12(7-9-21)14-5-4-13(19)10-15(14)26-3/h4-5,10-12,16,18,23H,6-9H2,1-3H3,(H,20,22)(H,24,25)/p-1. The van der Waals surface area contributed by atoms with E-state index in [1.165, 1.54) is 0 Å². The lowest BCUT2D eigenvalue weighted by molar-refractivity contribution is -0.136. The van der Waals surface area contributed by atoms with E-state index < -0.39 is 28.3 Å². The Morgan fingerprint density at radius 3 is 2.52 bits per heavy atom. The van der Waals surface area contributed by atoms with Crippen LogP contribution >= 0.6 is 11.6 Å². The van der Waals surface area contributed by atoms with Crippen LogP contribution in [-0.2, 0) is 15.9 Å². The summed E-state index contributed by atoms with van der Waals surface area (Å²) >= 11 is 3.55. The fourth-order valence-corrected chi connectivity index (χ4v) is 5.09. The predicted molar refractivity (Wildman–Crippen MR) is 103 cm³/mol. The summed E-state index contributed by atoms with van der Waals surface area (Å²) in [4.78, 5) is 13.9. The maximum atomic E-state index is 12.1. The lowest BCUT2D eigenvalue weighted by Gasteiger charge is -2.42. The van der Waals surface area contributed by atoms with Crippen molar-refractivity contribution in [2.45, 2.75) is 38.0 Å². The maximum absolute atomic E-state index is 12.1. The van der Waals surface area contributed by atoms with Crippen molar-refractivity contribution in [2.75, 3.05) is 20.2 Å². The number of methoxy groups -OCH3 is 1. The molecule has 9 heteroatoms. The Morgan fingerprint density at radius 2 is 2.04 bits per heavy atom. The van der Waals surface area contributed by atoms with Gasteiger partial charge in [0.15, 0.2) is 0 Å². The van der Waals surface area contributed by atoms with Gasteiger partial charge in [-0.15, -0.1) is 0 Å². The quantitative estimate of drug-likeness (QED) is 0.401. The SMILES string of the molecule is COc1cc(Cl)ccc1C1CCN(C(C(C(=O)NO)C(C)C)S(=O)[O-])CC1. The van der Waals surface area contributed by atoms with Gasteiger partial charge in [-0.25, -0.2) is 5.48 Å². The molecule has 7 nitrogen and oxygen atoms in total. The summed E-state index contributed by atoms with van der Waals surface area (Å²) in [6, 6.07) is 5.54. The first-order chi connectivity index (χ1) is 12.8. The number of hydrogen-bond acceptors (Lipinski definition) is 6. The number of benzene rings is 1. The van der Waals surface area contributed by atoms with Crippen molar-refractivity contribution in [1.29, 1.82) is 0 Å². The summed E-state index contributed by atoms with van der Waals surface area (Å²) in [7, 11) is 1.60. The average molecular weight is 418 g/mol. The minimum atomic E-state index is -2.48. The van der Waals surface area contributed by atoms with Crippen LogP contribution in [0.4, 0.5) is 0 Å². The number of halogens is 1. The number of carbonyl (C=O) groups is 1. The van der Waals surface area contributed by atoms with E-state index in [0.717, 1.165) is 24.2 Å². The van der Waals surface area contributed by atoms with Crippen molar-refractivity contribution in [3.05, 3.63) is 28.8 Å². The van der Waals surface area contributed by atoms with E-state index in [4.69, 9.17) is 21.5 Å². The third kappa shape index (κ3) is 5.20. The molecule has 0 aliphatic carbocycles.